The Morgan fingerprint density at radius 1 is 1.15 bits per heavy atom. The molecule has 0 amide bonds. The van der Waals surface area contributed by atoms with Gasteiger partial charge in [0.05, 0.1) is 6.61 Å². The van der Waals surface area contributed by atoms with Crippen molar-refractivity contribution in [3.05, 3.63) is 40.2 Å². The maximum atomic E-state index is 11.9. The number of hydrogen-bond donors (Lipinski definition) is 1. The zero-order valence-electron chi connectivity index (χ0n) is 11.7. The Kier molecular flexibility index (Phi) is 5.18. The minimum Gasteiger partial charge on any atom is -0.486 e. The van der Waals surface area contributed by atoms with Crippen molar-refractivity contribution in [3.63, 3.8) is 0 Å². The minimum atomic E-state index is -0.420. The van der Waals surface area contributed by atoms with Crippen LogP contribution in [0.2, 0.25) is 0 Å². The number of unbranched alkanes of at least 4 members (excludes halogenated alkanes) is 3. The van der Waals surface area contributed by atoms with Gasteiger partial charge in [-0.15, -0.1) is 0 Å². The molecule has 1 N–H and O–H groups in total. The predicted octanol–water partition coefficient (Wildman–Crippen LogP) is 3.03. The van der Waals surface area contributed by atoms with Gasteiger partial charge in [0.25, 0.3) is 0 Å². The van der Waals surface area contributed by atoms with E-state index in [0.717, 1.165) is 36.6 Å². The van der Waals surface area contributed by atoms with Crippen molar-refractivity contribution in [1.29, 1.82) is 0 Å². The Balaban J connectivity index is 2.05. The molecule has 1 aromatic heterocycles. The largest absolute Gasteiger partial charge is 0.486 e. The van der Waals surface area contributed by atoms with Crippen LogP contribution in [0.3, 0.4) is 0 Å². The molecule has 108 valence electrons. The van der Waals surface area contributed by atoms with E-state index in [1.54, 1.807) is 6.07 Å². The lowest BCUT2D eigenvalue weighted by Gasteiger charge is -2.09. The van der Waals surface area contributed by atoms with Gasteiger partial charge in [-0.3, -0.25) is 0 Å². The van der Waals surface area contributed by atoms with Gasteiger partial charge in [0.15, 0.2) is 0 Å². The monoisotopic (exact) mass is 276 g/mol. The van der Waals surface area contributed by atoms with Crippen molar-refractivity contribution in [2.75, 3.05) is 13.2 Å². The lowest BCUT2D eigenvalue weighted by Crippen LogP contribution is -2.10. The summed E-state index contributed by atoms with van der Waals surface area (Å²) in [5, 5.41) is 9.59. The highest BCUT2D eigenvalue weighted by atomic mass is 16.5. The molecule has 0 spiro atoms. The number of aryl methyl sites for hydroxylation is 1. The Morgan fingerprint density at radius 2 is 1.90 bits per heavy atom. The summed E-state index contributed by atoms with van der Waals surface area (Å²) in [4.78, 5) is 11.9. The summed E-state index contributed by atoms with van der Waals surface area (Å²) in [6, 6.07) is 7.45. The van der Waals surface area contributed by atoms with Crippen LogP contribution in [-0.2, 0) is 0 Å². The number of rotatable bonds is 7. The van der Waals surface area contributed by atoms with Crippen LogP contribution in [0.15, 0.2) is 33.5 Å². The van der Waals surface area contributed by atoms with E-state index >= 15 is 0 Å². The molecule has 0 saturated heterocycles. The van der Waals surface area contributed by atoms with Crippen LogP contribution >= 0.6 is 0 Å². The van der Waals surface area contributed by atoms with Crippen molar-refractivity contribution in [3.8, 4) is 5.75 Å². The molecule has 0 aliphatic rings. The topological polar surface area (TPSA) is 59.7 Å². The highest BCUT2D eigenvalue weighted by molar-refractivity contribution is 5.81. The van der Waals surface area contributed by atoms with E-state index < -0.39 is 5.63 Å². The first-order valence-electron chi connectivity index (χ1n) is 7.00. The molecule has 1 aromatic carbocycles. The molecule has 0 atom stereocenters. The van der Waals surface area contributed by atoms with Crippen molar-refractivity contribution >= 4 is 11.0 Å². The fourth-order valence-electron chi connectivity index (χ4n) is 2.20. The van der Waals surface area contributed by atoms with Crippen molar-refractivity contribution in [2.24, 2.45) is 0 Å². The normalized spacial score (nSPS) is 10.9. The maximum absolute atomic E-state index is 11.9. The molecule has 20 heavy (non-hydrogen) atoms. The molecule has 0 saturated carbocycles. The first-order valence-corrected chi connectivity index (χ1v) is 7.00. The fourth-order valence-corrected chi connectivity index (χ4v) is 2.20. The van der Waals surface area contributed by atoms with Crippen LogP contribution in [0.25, 0.3) is 11.0 Å². The number of aliphatic hydroxyl groups is 1. The predicted molar refractivity (Wildman–Crippen MR) is 78.3 cm³/mol. The van der Waals surface area contributed by atoms with E-state index in [9.17, 15) is 4.79 Å². The lowest BCUT2D eigenvalue weighted by molar-refractivity contribution is 0.269. The third-order valence-corrected chi connectivity index (χ3v) is 3.32. The second-order valence-corrected chi connectivity index (χ2v) is 4.83. The molecule has 0 fully saturated rings. The van der Waals surface area contributed by atoms with Gasteiger partial charge in [0, 0.05) is 17.6 Å². The summed E-state index contributed by atoms with van der Waals surface area (Å²) in [5.41, 5.74) is 0.995. The average Bonchev–Trinajstić information content (AvgIpc) is 2.45. The molecular weight excluding hydrogens is 256 g/mol. The number of aliphatic hydroxyl groups excluding tert-OH is 1. The van der Waals surface area contributed by atoms with Gasteiger partial charge >= 0.3 is 5.63 Å². The van der Waals surface area contributed by atoms with E-state index in [2.05, 4.69) is 0 Å². The average molecular weight is 276 g/mol. The van der Waals surface area contributed by atoms with Crippen LogP contribution in [0.4, 0.5) is 0 Å². The molecule has 0 unspecified atom stereocenters. The molecular formula is C16H20O4. The summed E-state index contributed by atoms with van der Waals surface area (Å²) >= 11 is 0. The SMILES string of the molecule is Cc1c(OCCCCCCO)c(=O)oc2ccccc12. The number of hydrogen-bond acceptors (Lipinski definition) is 4. The summed E-state index contributed by atoms with van der Waals surface area (Å²) in [6.45, 7) is 2.60. The van der Waals surface area contributed by atoms with Gasteiger partial charge < -0.3 is 14.3 Å². The van der Waals surface area contributed by atoms with E-state index in [4.69, 9.17) is 14.3 Å². The summed E-state index contributed by atoms with van der Waals surface area (Å²) in [5.74, 6) is 0.311. The van der Waals surface area contributed by atoms with E-state index in [-0.39, 0.29) is 6.61 Å². The maximum Gasteiger partial charge on any atom is 0.379 e. The summed E-state index contributed by atoms with van der Waals surface area (Å²) in [6.07, 6.45) is 3.65. The van der Waals surface area contributed by atoms with E-state index in [0.29, 0.717) is 17.9 Å². The standard InChI is InChI=1S/C16H20O4/c1-12-13-8-4-5-9-14(13)20-16(18)15(12)19-11-7-3-2-6-10-17/h4-5,8-9,17H,2-3,6-7,10-11H2,1H3. The van der Waals surface area contributed by atoms with Crippen LogP contribution in [0.1, 0.15) is 31.2 Å². The van der Waals surface area contributed by atoms with E-state index in [1.807, 2.05) is 25.1 Å². The Labute approximate surface area is 118 Å². The van der Waals surface area contributed by atoms with E-state index in [1.165, 1.54) is 0 Å². The fraction of sp³-hybridized carbons (Fsp3) is 0.438. The zero-order chi connectivity index (χ0) is 14.4. The van der Waals surface area contributed by atoms with Gasteiger partial charge in [0.2, 0.25) is 5.75 Å². The first kappa shape index (κ1) is 14.6. The molecule has 4 heteroatoms. The van der Waals surface area contributed by atoms with Gasteiger partial charge in [-0.05, 0) is 32.3 Å². The highest BCUT2D eigenvalue weighted by Gasteiger charge is 2.11. The van der Waals surface area contributed by atoms with Gasteiger partial charge in [-0.1, -0.05) is 24.6 Å². The molecule has 0 aliphatic carbocycles. The van der Waals surface area contributed by atoms with Crippen LogP contribution < -0.4 is 10.4 Å². The first-order chi connectivity index (χ1) is 9.74. The molecule has 1 heterocycles. The van der Waals surface area contributed by atoms with Gasteiger partial charge in [0.1, 0.15) is 5.58 Å². The van der Waals surface area contributed by atoms with Crippen LogP contribution in [-0.4, -0.2) is 18.3 Å². The zero-order valence-corrected chi connectivity index (χ0v) is 11.7. The Hall–Kier alpha value is -1.81. The number of ether oxygens (including phenoxy) is 1. The second kappa shape index (κ2) is 7.10. The summed E-state index contributed by atoms with van der Waals surface area (Å²) < 4.78 is 10.8. The molecule has 2 aromatic rings. The van der Waals surface area contributed by atoms with Crippen LogP contribution in [0, 0.1) is 6.92 Å². The third kappa shape index (κ3) is 3.39. The van der Waals surface area contributed by atoms with Gasteiger partial charge in [-0.2, -0.15) is 0 Å². The molecule has 0 radical (unpaired) electrons. The third-order valence-electron chi connectivity index (χ3n) is 3.32. The summed E-state index contributed by atoms with van der Waals surface area (Å²) in [7, 11) is 0. The molecule has 0 bridgehead atoms. The van der Waals surface area contributed by atoms with Gasteiger partial charge in [-0.25, -0.2) is 4.79 Å². The smallest absolute Gasteiger partial charge is 0.379 e. The Morgan fingerprint density at radius 3 is 2.70 bits per heavy atom. The highest BCUT2D eigenvalue weighted by Crippen LogP contribution is 2.23. The molecule has 0 aliphatic heterocycles. The van der Waals surface area contributed by atoms with Crippen LogP contribution in [0.5, 0.6) is 5.75 Å². The van der Waals surface area contributed by atoms with Crippen molar-refractivity contribution < 1.29 is 14.3 Å². The van der Waals surface area contributed by atoms with Crippen molar-refractivity contribution in [2.45, 2.75) is 32.6 Å². The number of para-hydroxylation sites is 1. The lowest BCUT2D eigenvalue weighted by atomic mass is 10.1. The molecule has 2 rings (SSSR count). The Bertz CT molecular complexity index is 615. The number of benzene rings is 1. The second-order valence-electron chi connectivity index (χ2n) is 4.83. The van der Waals surface area contributed by atoms with Crippen molar-refractivity contribution in [1.82, 2.24) is 0 Å². The quantitative estimate of drug-likeness (QED) is 0.623. The molecule has 4 nitrogen and oxygen atoms in total. The minimum absolute atomic E-state index is 0.230. The number of fused-ring (bicyclic) bond motifs is 1.